The molecule has 1 N–H and O–H groups in total. The normalized spacial score (nSPS) is 18.3. The van der Waals surface area contributed by atoms with Gasteiger partial charge in [0.15, 0.2) is 17.3 Å². The molecule has 5 rings (SSSR count). The van der Waals surface area contributed by atoms with E-state index in [1.807, 2.05) is 6.07 Å². The zero-order valence-electron chi connectivity index (χ0n) is 20.6. The number of nitrogens with zero attached hydrogens (tertiary/aromatic N) is 3. The Morgan fingerprint density at radius 2 is 1.97 bits per heavy atom. The summed E-state index contributed by atoms with van der Waals surface area (Å²) in [6.45, 7) is 7.53. The monoisotopic (exact) mass is 478 g/mol. The quantitative estimate of drug-likeness (QED) is 0.354. The number of ether oxygens (including phenoxy) is 2. The maximum atomic E-state index is 14.6. The molecule has 4 aromatic rings. The average molecular weight is 479 g/mol. The molecule has 2 aromatic carbocycles. The molecule has 0 bridgehead atoms. The summed E-state index contributed by atoms with van der Waals surface area (Å²) in [5.74, 6) is 0.674. The number of aromatic amines is 1. The number of halogens is 1. The molecule has 0 spiro atoms. The molecule has 1 saturated heterocycles. The Morgan fingerprint density at radius 1 is 1.17 bits per heavy atom. The van der Waals surface area contributed by atoms with Gasteiger partial charge in [-0.2, -0.15) is 5.10 Å². The third-order valence-electron chi connectivity index (χ3n) is 6.93. The number of rotatable bonds is 7. The van der Waals surface area contributed by atoms with Gasteiger partial charge in [0.1, 0.15) is 18.0 Å². The summed E-state index contributed by atoms with van der Waals surface area (Å²) >= 11 is 0. The van der Waals surface area contributed by atoms with E-state index >= 15 is 0 Å². The van der Waals surface area contributed by atoms with Gasteiger partial charge in [-0.05, 0) is 43.0 Å². The molecule has 8 heteroatoms. The van der Waals surface area contributed by atoms with Crippen molar-refractivity contribution >= 4 is 10.9 Å². The number of hydrogen-bond acceptors (Lipinski definition) is 6. The van der Waals surface area contributed by atoms with Crippen LogP contribution < -0.4 is 4.74 Å². The Balaban J connectivity index is 1.37. The van der Waals surface area contributed by atoms with Crippen molar-refractivity contribution in [2.45, 2.75) is 26.2 Å². The van der Waals surface area contributed by atoms with Gasteiger partial charge in [0, 0.05) is 36.7 Å². The average Bonchev–Trinajstić information content (AvgIpc) is 3.46. The second-order valence-electron chi connectivity index (χ2n) is 10.0. The lowest BCUT2D eigenvalue weighted by Gasteiger charge is -2.43. The van der Waals surface area contributed by atoms with Crippen LogP contribution in [0.4, 0.5) is 4.39 Å². The number of fused-ring (bicyclic) bond motifs is 1. The SMILES string of the molecule is COCCOc1cc2[nH]nc(-c3cc(-c4ccc(C5CCN(C)CC5(C)C)cc4)no3)c2cc1F. The van der Waals surface area contributed by atoms with E-state index in [1.165, 1.54) is 11.6 Å². The van der Waals surface area contributed by atoms with Crippen LogP contribution in [0.25, 0.3) is 33.6 Å². The van der Waals surface area contributed by atoms with Crippen LogP contribution in [0.15, 0.2) is 47.0 Å². The lowest BCUT2D eigenvalue weighted by atomic mass is 9.70. The van der Waals surface area contributed by atoms with Crippen LogP contribution in [0.2, 0.25) is 0 Å². The van der Waals surface area contributed by atoms with E-state index in [0.717, 1.165) is 25.1 Å². The highest BCUT2D eigenvalue weighted by molar-refractivity contribution is 5.92. The van der Waals surface area contributed by atoms with Crippen molar-refractivity contribution in [2.24, 2.45) is 5.41 Å². The number of aromatic nitrogens is 3. The van der Waals surface area contributed by atoms with Gasteiger partial charge >= 0.3 is 0 Å². The molecule has 1 aliphatic rings. The van der Waals surface area contributed by atoms with Crippen molar-refractivity contribution < 1.29 is 18.4 Å². The number of nitrogens with one attached hydrogen (secondary N) is 1. The molecule has 3 heterocycles. The minimum absolute atomic E-state index is 0.149. The minimum atomic E-state index is -0.469. The largest absolute Gasteiger partial charge is 0.488 e. The Bertz CT molecular complexity index is 1310. The molecule has 1 aliphatic heterocycles. The summed E-state index contributed by atoms with van der Waals surface area (Å²) in [5, 5.41) is 12.1. The second-order valence-corrected chi connectivity index (χ2v) is 10.0. The van der Waals surface area contributed by atoms with Gasteiger partial charge in [-0.15, -0.1) is 0 Å². The molecule has 35 heavy (non-hydrogen) atoms. The molecular weight excluding hydrogens is 447 g/mol. The lowest BCUT2D eigenvalue weighted by molar-refractivity contribution is 0.114. The van der Waals surface area contributed by atoms with E-state index in [-0.39, 0.29) is 17.8 Å². The summed E-state index contributed by atoms with van der Waals surface area (Å²) in [7, 11) is 3.76. The summed E-state index contributed by atoms with van der Waals surface area (Å²) in [6.07, 6.45) is 1.15. The molecule has 0 aliphatic carbocycles. The van der Waals surface area contributed by atoms with E-state index in [0.29, 0.717) is 40.6 Å². The van der Waals surface area contributed by atoms with Gasteiger partial charge in [-0.3, -0.25) is 5.10 Å². The second kappa shape index (κ2) is 9.43. The van der Waals surface area contributed by atoms with Crippen molar-refractivity contribution in [3.8, 4) is 28.5 Å². The van der Waals surface area contributed by atoms with Gasteiger partial charge in [-0.1, -0.05) is 43.3 Å². The van der Waals surface area contributed by atoms with E-state index in [1.54, 1.807) is 13.2 Å². The van der Waals surface area contributed by atoms with E-state index < -0.39 is 5.82 Å². The fourth-order valence-electron chi connectivity index (χ4n) is 5.20. The number of benzene rings is 2. The molecule has 7 nitrogen and oxygen atoms in total. The zero-order valence-corrected chi connectivity index (χ0v) is 20.6. The number of methoxy groups -OCH3 is 1. The smallest absolute Gasteiger partial charge is 0.188 e. The van der Waals surface area contributed by atoms with Gasteiger partial charge in [0.25, 0.3) is 0 Å². The fraction of sp³-hybridized carbons (Fsp3) is 0.407. The Morgan fingerprint density at radius 3 is 2.71 bits per heavy atom. The van der Waals surface area contributed by atoms with Crippen LogP contribution >= 0.6 is 0 Å². The lowest BCUT2D eigenvalue weighted by Crippen LogP contribution is -2.42. The molecule has 0 radical (unpaired) electrons. The fourth-order valence-corrected chi connectivity index (χ4v) is 5.20. The third-order valence-corrected chi connectivity index (χ3v) is 6.93. The molecule has 2 aromatic heterocycles. The van der Waals surface area contributed by atoms with Gasteiger partial charge in [0.05, 0.1) is 12.1 Å². The topological polar surface area (TPSA) is 76.4 Å². The van der Waals surface area contributed by atoms with Crippen molar-refractivity contribution in [2.75, 3.05) is 40.5 Å². The van der Waals surface area contributed by atoms with Crippen molar-refractivity contribution in [3.05, 3.63) is 53.8 Å². The Kier molecular flexibility index (Phi) is 6.34. The summed E-state index contributed by atoms with van der Waals surface area (Å²) < 4.78 is 30.6. The Hall–Kier alpha value is -3.23. The van der Waals surface area contributed by atoms with Crippen LogP contribution in [-0.2, 0) is 4.74 Å². The van der Waals surface area contributed by atoms with Crippen molar-refractivity contribution in [1.82, 2.24) is 20.3 Å². The number of piperidine rings is 1. The Labute approximate surface area is 204 Å². The van der Waals surface area contributed by atoms with Crippen LogP contribution in [-0.4, -0.2) is 60.7 Å². The molecule has 1 atom stereocenters. The molecule has 0 saturated carbocycles. The van der Waals surface area contributed by atoms with Gasteiger partial charge in [-0.25, -0.2) is 4.39 Å². The van der Waals surface area contributed by atoms with E-state index in [4.69, 9.17) is 14.0 Å². The number of hydrogen-bond donors (Lipinski definition) is 1. The number of H-pyrrole nitrogens is 1. The minimum Gasteiger partial charge on any atom is -0.488 e. The van der Waals surface area contributed by atoms with E-state index in [9.17, 15) is 4.39 Å². The first kappa shape index (κ1) is 23.5. The third kappa shape index (κ3) is 4.68. The maximum absolute atomic E-state index is 14.6. The van der Waals surface area contributed by atoms with Crippen molar-refractivity contribution in [1.29, 1.82) is 0 Å². The highest BCUT2D eigenvalue weighted by Gasteiger charge is 2.35. The van der Waals surface area contributed by atoms with Gasteiger partial charge in [0.2, 0.25) is 0 Å². The maximum Gasteiger partial charge on any atom is 0.188 e. The summed E-state index contributed by atoms with van der Waals surface area (Å²) in [4.78, 5) is 2.40. The van der Waals surface area contributed by atoms with Gasteiger partial charge < -0.3 is 18.9 Å². The summed E-state index contributed by atoms with van der Waals surface area (Å²) in [5.41, 5.74) is 4.41. The van der Waals surface area contributed by atoms with Crippen LogP contribution in [0, 0.1) is 11.2 Å². The first-order valence-electron chi connectivity index (χ1n) is 11.9. The molecule has 1 fully saturated rings. The highest BCUT2D eigenvalue weighted by Crippen LogP contribution is 2.42. The highest BCUT2D eigenvalue weighted by atomic mass is 19.1. The standard InChI is InChI=1S/C27H31FN4O3/c1-27(2)16-32(3)10-9-20(27)17-5-7-18(8-6-17)22-14-25(35-31-22)26-19-13-21(28)24(34-12-11-33-4)15-23(19)29-30-26/h5-8,13-15,20H,9-12,16H2,1-4H3,(H,29,30). The van der Waals surface area contributed by atoms with Crippen LogP contribution in [0.1, 0.15) is 31.7 Å². The first-order valence-corrected chi connectivity index (χ1v) is 11.9. The van der Waals surface area contributed by atoms with Crippen LogP contribution in [0.5, 0.6) is 5.75 Å². The predicted octanol–water partition coefficient (Wildman–Crippen LogP) is 5.49. The number of likely N-dealkylation sites (tertiary alicyclic amines) is 1. The molecule has 0 amide bonds. The summed E-state index contributed by atoms with van der Waals surface area (Å²) in [6, 6.07) is 13.4. The van der Waals surface area contributed by atoms with Crippen LogP contribution in [0.3, 0.4) is 0 Å². The zero-order chi connectivity index (χ0) is 24.6. The molecular formula is C27H31FN4O3. The molecule has 1 unspecified atom stereocenters. The molecule has 184 valence electrons. The van der Waals surface area contributed by atoms with E-state index in [2.05, 4.69) is 65.4 Å². The first-order chi connectivity index (χ1) is 16.9. The predicted molar refractivity (Wildman–Crippen MR) is 133 cm³/mol. The van der Waals surface area contributed by atoms with Crippen molar-refractivity contribution in [3.63, 3.8) is 0 Å².